The summed E-state index contributed by atoms with van der Waals surface area (Å²) in [5.41, 5.74) is 2.37. The maximum Gasteiger partial charge on any atom is 0.225 e. The van der Waals surface area contributed by atoms with Gasteiger partial charge in [0.2, 0.25) is 5.95 Å². The van der Waals surface area contributed by atoms with Crippen LogP contribution in [0.15, 0.2) is 6.07 Å². The van der Waals surface area contributed by atoms with E-state index in [-0.39, 0.29) is 0 Å². The van der Waals surface area contributed by atoms with Crippen LogP contribution in [0.5, 0.6) is 0 Å². The second-order valence-electron chi connectivity index (χ2n) is 5.87. The van der Waals surface area contributed by atoms with Gasteiger partial charge in [-0.25, -0.2) is 9.97 Å². The van der Waals surface area contributed by atoms with Gasteiger partial charge in [-0.05, 0) is 32.3 Å². The topological polar surface area (TPSA) is 41.1 Å². The highest BCUT2D eigenvalue weighted by Gasteiger charge is 2.24. The van der Waals surface area contributed by atoms with E-state index in [1.165, 1.54) is 25.0 Å². The number of hydrogen-bond acceptors (Lipinski definition) is 4. The smallest absolute Gasteiger partial charge is 0.225 e. The van der Waals surface area contributed by atoms with Crippen LogP contribution in [0.3, 0.4) is 0 Å². The van der Waals surface area contributed by atoms with Crippen molar-refractivity contribution in [2.75, 3.05) is 24.5 Å². The van der Waals surface area contributed by atoms with Crippen LogP contribution in [0.2, 0.25) is 0 Å². The van der Waals surface area contributed by atoms with Crippen molar-refractivity contribution in [3.05, 3.63) is 17.5 Å². The standard InChI is InChI=1S/C15H24N4/c1-3-13-10-19(8-7-16-13)15-17-11(2)9-14(18-15)12-5-4-6-12/h9,12-13,16H,3-8,10H2,1-2H3/t13-/m0/s1. The van der Waals surface area contributed by atoms with E-state index in [2.05, 4.69) is 35.1 Å². The van der Waals surface area contributed by atoms with Gasteiger partial charge in [-0.2, -0.15) is 0 Å². The highest BCUT2D eigenvalue weighted by Crippen LogP contribution is 2.35. The number of nitrogens with one attached hydrogen (secondary N) is 1. The van der Waals surface area contributed by atoms with E-state index in [0.717, 1.165) is 37.7 Å². The molecule has 104 valence electrons. The number of rotatable bonds is 3. The first-order valence-corrected chi connectivity index (χ1v) is 7.60. The lowest BCUT2D eigenvalue weighted by molar-refractivity contribution is 0.408. The van der Waals surface area contributed by atoms with E-state index in [0.29, 0.717) is 12.0 Å². The van der Waals surface area contributed by atoms with E-state index in [1.807, 2.05) is 0 Å². The number of aromatic nitrogens is 2. The average molecular weight is 260 g/mol. The lowest BCUT2D eigenvalue weighted by atomic mass is 9.83. The van der Waals surface area contributed by atoms with Crippen LogP contribution in [0, 0.1) is 6.92 Å². The first kappa shape index (κ1) is 12.9. The number of nitrogens with zero attached hydrogens (tertiary/aromatic N) is 3. The molecule has 1 atom stereocenters. The minimum absolute atomic E-state index is 0.574. The van der Waals surface area contributed by atoms with Crippen molar-refractivity contribution in [3.8, 4) is 0 Å². The number of anilines is 1. The van der Waals surface area contributed by atoms with Gasteiger partial charge in [-0.15, -0.1) is 0 Å². The molecule has 1 aromatic rings. The van der Waals surface area contributed by atoms with Gasteiger partial charge >= 0.3 is 0 Å². The Labute approximate surface area is 115 Å². The first-order chi connectivity index (χ1) is 9.26. The zero-order chi connectivity index (χ0) is 13.2. The van der Waals surface area contributed by atoms with Crippen LogP contribution in [-0.2, 0) is 0 Å². The number of piperazine rings is 1. The Kier molecular flexibility index (Phi) is 3.69. The molecular weight excluding hydrogens is 236 g/mol. The van der Waals surface area contributed by atoms with E-state index >= 15 is 0 Å². The third-order valence-electron chi connectivity index (χ3n) is 4.42. The van der Waals surface area contributed by atoms with Gasteiger partial charge in [-0.1, -0.05) is 13.3 Å². The van der Waals surface area contributed by atoms with Crippen LogP contribution in [0.25, 0.3) is 0 Å². The van der Waals surface area contributed by atoms with E-state index in [1.54, 1.807) is 0 Å². The van der Waals surface area contributed by atoms with Crippen molar-refractivity contribution in [2.24, 2.45) is 0 Å². The van der Waals surface area contributed by atoms with Gasteiger partial charge in [0.05, 0.1) is 0 Å². The molecule has 1 aliphatic carbocycles. The second-order valence-corrected chi connectivity index (χ2v) is 5.87. The van der Waals surface area contributed by atoms with Crippen LogP contribution in [0.1, 0.15) is 49.9 Å². The van der Waals surface area contributed by atoms with E-state index in [4.69, 9.17) is 4.98 Å². The van der Waals surface area contributed by atoms with Gasteiger partial charge in [0, 0.05) is 43.0 Å². The molecule has 1 N–H and O–H groups in total. The summed E-state index contributed by atoms with van der Waals surface area (Å²) < 4.78 is 0. The third kappa shape index (κ3) is 2.73. The largest absolute Gasteiger partial charge is 0.338 e. The lowest BCUT2D eigenvalue weighted by Gasteiger charge is -2.34. The molecule has 0 aromatic carbocycles. The predicted octanol–water partition coefficient (Wildman–Crippen LogP) is 2.24. The lowest BCUT2D eigenvalue weighted by Crippen LogP contribution is -2.51. The Balaban J connectivity index is 1.80. The molecule has 0 amide bonds. The zero-order valence-electron chi connectivity index (χ0n) is 12.0. The van der Waals surface area contributed by atoms with Crippen LogP contribution in [0.4, 0.5) is 5.95 Å². The van der Waals surface area contributed by atoms with Crippen LogP contribution < -0.4 is 10.2 Å². The van der Waals surface area contributed by atoms with Crippen molar-refractivity contribution in [2.45, 2.75) is 51.5 Å². The molecule has 3 rings (SSSR count). The number of aryl methyl sites for hydroxylation is 1. The Morgan fingerprint density at radius 2 is 2.21 bits per heavy atom. The van der Waals surface area contributed by atoms with E-state index < -0.39 is 0 Å². The average Bonchev–Trinajstić information content (AvgIpc) is 2.36. The van der Waals surface area contributed by atoms with Crippen molar-refractivity contribution < 1.29 is 0 Å². The summed E-state index contributed by atoms with van der Waals surface area (Å²) in [4.78, 5) is 11.8. The molecule has 1 saturated heterocycles. The Morgan fingerprint density at radius 3 is 2.89 bits per heavy atom. The predicted molar refractivity (Wildman–Crippen MR) is 77.7 cm³/mol. The quantitative estimate of drug-likeness (QED) is 0.905. The number of hydrogen-bond donors (Lipinski definition) is 1. The molecule has 2 fully saturated rings. The highest BCUT2D eigenvalue weighted by molar-refractivity contribution is 5.35. The zero-order valence-corrected chi connectivity index (χ0v) is 12.0. The molecular formula is C15H24N4. The van der Waals surface area contributed by atoms with Gasteiger partial charge in [0.15, 0.2) is 0 Å². The summed E-state index contributed by atoms with van der Waals surface area (Å²) >= 11 is 0. The summed E-state index contributed by atoms with van der Waals surface area (Å²) in [5.74, 6) is 1.63. The molecule has 4 nitrogen and oxygen atoms in total. The molecule has 1 aromatic heterocycles. The van der Waals surface area contributed by atoms with Gasteiger partial charge in [0.1, 0.15) is 0 Å². The molecule has 4 heteroatoms. The van der Waals surface area contributed by atoms with Crippen LogP contribution >= 0.6 is 0 Å². The molecule has 1 aliphatic heterocycles. The van der Waals surface area contributed by atoms with E-state index in [9.17, 15) is 0 Å². The summed E-state index contributed by atoms with van der Waals surface area (Å²) in [7, 11) is 0. The fraction of sp³-hybridized carbons (Fsp3) is 0.733. The second kappa shape index (κ2) is 5.45. The minimum atomic E-state index is 0.574. The highest BCUT2D eigenvalue weighted by atomic mass is 15.3. The van der Waals surface area contributed by atoms with Crippen molar-refractivity contribution in [1.82, 2.24) is 15.3 Å². The normalized spacial score (nSPS) is 24.3. The van der Waals surface area contributed by atoms with Crippen molar-refractivity contribution in [3.63, 3.8) is 0 Å². The maximum atomic E-state index is 4.84. The Hall–Kier alpha value is -1.16. The van der Waals surface area contributed by atoms with Crippen molar-refractivity contribution in [1.29, 1.82) is 0 Å². The minimum Gasteiger partial charge on any atom is -0.338 e. The molecule has 0 spiro atoms. The fourth-order valence-electron chi connectivity index (χ4n) is 2.91. The van der Waals surface area contributed by atoms with Gasteiger partial charge in [0.25, 0.3) is 0 Å². The summed E-state index contributed by atoms with van der Waals surface area (Å²) in [5, 5.41) is 3.55. The third-order valence-corrected chi connectivity index (χ3v) is 4.42. The fourth-order valence-corrected chi connectivity index (χ4v) is 2.91. The summed E-state index contributed by atoms with van der Waals surface area (Å²) in [6, 6.07) is 2.75. The molecule has 1 saturated carbocycles. The molecule has 19 heavy (non-hydrogen) atoms. The molecule has 2 heterocycles. The van der Waals surface area contributed by atoms with Gasteiger partial charge < -0.3 is 10.2 Å². The molecule has 2 aliphatic rings. The molecule has 0 radical (unpaired) electrons. The summed E-state index contributed by atoms with van der Waals surface area (Å²) in [6.45, 7) is 7.41. The maximum absolute atomic E-state index is 4.84. The van der Waals surface area contributed by atoms with Crippen molar-refractivity contribution >= 4 is 5.95 Å². The SMILES string of the molecule is CC[C@H]1CN(c2nc(C)cc(C3CCC3)n2)CCN1. The summed E-state index contributed by atoms with van der Waals surface area (Å²) in [6.07, 6.45) is 5.12. The monoisotopic (exact) mass is 260 g/mol. The molecule has 0 bridgehead atoms. The molecule has 0 unspecified atom stereocenters. The first-order valence-electron chi connectivity index (χ1n) is 7.60. The Bertz CT molecular complexity index is 442. The van der Waals surface area contributed by atoms with Crippen LogP contribution in [-0.4, -0.2) is 35.6 Å². The Morgan fingerprint density at radius 1 is 1.37 bits per heavy atom. The van der Waals surface area contributed by atoms with Gasteiger partial charge in [-0.3, -0.25) is 0 Å².